The number of imidazole rings is 1. The van der Waals surface area contributed by atoms with Crippen molar-refractivity contribution in [3.63, 3.8) is 0 Å². The molecule has 0 atom stereocenters. The Hall–Kier alpha value is -2.25. The second-order valence-electron chi connectivity index (χ2n) is 6.76. The van der Waals surface area contributed by atoms with Crippen LogP contribution in [0.1, 0.15) is 24.2 Å². The van der Waals surface area contributed by atoms with E-state index in [1.165, 1.54) is 0 Å². The second kappa shape index (κ2) is 6.70. The normalized spacial score (nSPS) is 16.4. The number of piperazine rings is 1. The first-order chi connectivity index (χ1) is 11.4. The molecule has 0 spiro atoms. The summed E-state index contributed by atoms with van der Waals surface area (Å²) in [4.78, 5) is 24.9. The molecule has 2 aromatic heterocycles. The van der Waals surface area contributed by atoms with Gasteiger partial charge in [0.15, 0.2) is 0 Å². The summed E-state index contributed by atoms with van der Waals surface area (Å²) in [5.41, 5.74) is -0.117. The minimum atomic E-state index is -0.709. The summed E-state index contributed by atoms with van der Waals surface area (Å²) in [5, 5.41) is 9.89. The number of rotatable bonds is 4. The summed E-state index contributed by atoms with van der Waals surface area (Å²) in [7, 11) is 0. The molecule has 0 aliphatic carbocycles. The summed E-state index contributed by atoms with van der Waals surface area (Å²) >= 11 is 0. The van der Waals surface area contributed by atoms with Crippen LogP contribution in [0.4, 0.5) is 0 Å². The van der Waals surface area contributed by atoms with Crippen LogP contribution in [0.25, 0.3) is 5.82 Å². The number of aromatic nitrogens is 3. The number of β-amino-alcohol motifs (C(OH)–C–C–N with tert-alkyl or cyclic N) is 1. The molecule has 7 heteroatoms. The van der Waals surface area contributed by atoms with Crippen molar-refractivity contribution in [2.24, 2.45) is 0 Å². The summed E-state index contributed by atoms with van der Waals surface area (Å²) in [5.74, 6) is 0.738. The van der Waals surface area contributed by atoms with E-state index < -0.39 is 5.60 Å². The topological polar surface area (TPSA) is 74.5 Å². The maximum Gasteiger partial charge on any atom is 0.255 e. The van der Waals surface area contributed by atoms with Crippen LogP contribution in [0.15, 0.2) is 37.1 Å². The highest BCUT2D eigenvalue weighted by atomic mass is 16.3. The SMILES string of the molecule is CC(C)(O)CN1CCN(C(=O)c2ccc(-n3ccnc3)nc2)CC1. The zero-order valence-corrected chi connectivity index (χ0v) is 14.1. The van der Waals surface area contributed by atoms with E-state index in [1.807, 2.05) is 17.2 Å². The van der Waals surface area contributed by atoms with Gasteiger partial charge in [0.1, 0.15) is 12.1 Å². The number of pyridine rings is 1. The van der Waals surface area contributed by atoms with Gasteiger partial charge in [0, 0.05) is 51.3 Å². The Morgan fingerprint density at radius 3 is 2.54 bits per heavy atom. The van der Waals surface area contributed by atoms with Crippen LogP contribution >= 0.6 is 0 Å². The predicted octanol–water partition coefficient (Wildman–Crippen LogP) is 0.796. The van der Waals surface area contributed by atoms with Gasteiger partial charge in [0.05, 0.1) is 11.2 Å². The fourth-order valence-corrected chi connectivity index (χ4v) is 2.90. The third-order valence-electron chi connectivity index (χ3n) is 4.03. The molecule has 0 unspecified atom stereocenters. The quantitative estimate of drug-likeness (QED) is 0.898. The van der Waals surface area contributed by atoms with E-state index in [0.717, 1.165) is 18.9 Å². The highest BCUT2D eigenvalue weighted by Gasteiger charge is 2.25. The number of nitrogens with zero attached hydrogens (tertiary/aromatic N) is 5. The van der Waals surface area contributed by atoms with Crippen molar-refractivity contribution in [3.05, 3.63) is 42.6 Å². The van der Waals surface area contributed by atoms with Gasteiger partial charge >= 0.3 is 0 Å². The Morgan fingerprint density at radius 2 is 2.00 bits per heavy atom. The van der Waals surface area contributed by atoms with Crippen LogP contribution in [0.2, 0.25) is 0 Å². The Bertz CT molecular complexity index is 668. The van der Waals surface area contributed by atoms with Gasteiger partial charge < -0.3 is 10.0 Å². The molecule has 0 aromatic carbocycles. The number of carbonyl (C=O) groups is 1. The van der Waals surface area contributed by atoms with E-state index in [-0.39, 0.29) is 5.91 Å². The van der Waals surface area contributed by atoms with Crippen LogP contribution in [0, 0.1) is 0 Å². The molecule has 1 N–H and O–H groups in total. The lowest BCUT2D eigenvalue weighted by atomic mass is 10.1. The molecule has 1 amide bonds. The minimum absolute atomic E-state index is 0.00240. The Kier molecular flexibility index (Phi) is 4.64. The van der Waals surface area contributed by atoms with Crippen molar-refractivity contribution in [1.29, 1.82) is 0 Å². The Labute approximate surface area is 141 Å². The molecule has 2 aromatic rings. The van der Waals surface area contributed by atoms with Gasteiger partial charge in [-0.05, 0) is 26.0 Å². The van der Waals surface area contributed by atoms with Gasteiger partial charge in [-0.2, -0.15) is 0 Å². The summed E-state index contributed by atoms with van der Waals surface area (Å²) in [6.07, 6.45) is 6.78. The van der Waals surface area contributed by atoms with Gasteiger partial charge in [-0.15, -0.1) is 0 Å². The average molecular weight is 329 g/mol. The summed E-state index contributed by atoms with van der Waals surface area (Å²) in [6, 6.07) is 3.62. The van der Waals surface area contributed by atoms with Crippen molar-refractivity contribution in [2.45, 2.75) is 19.4 Å². The van der Waals surface area contributed by atoms with Crippen LogP contribution in [0.5, 0.6) is 0 Å². The lowest BCUT2D eigenvalue weighted by Gasteiger charge is -2.37. The van der Waals surface area contributed by atoms with E-state index in [9.17, 15) is 9.90 Å². The largest absolute Gasteiger partial charge is 0.389 e. The smallest absolute Gasteiger partial charge is 0.255 e. The van der Waals surface area contributed by atoms with Crippen molar-refractivity contribution in [2.75, 3.05) is 32.7 Å². The molecule has 1 saturated heterocycles. The van der Waals surface area contributed by atoms with E-state index in [2.05, 4.69) is 14.9 Å². The monoisotopic (exact) mass is 329 g/mol. The van der Waals surface area contributed by atoms with E-state index >= 15 is 0 Å². The molecule has 1 aliphatic heterocycles. The third-order valence-corrected chi connectivity index (χ3v) is 4.03. The zero-order valence-electron chi connectivity index (χ0n) is 14.1. The first-order valence-electron chi connectivity index (χ1n) is 8.11. The number of carbonyl (C=O) groups excluding carboxylic acids is 1. The highest BCUT2D eigenvalue weighted by molar-refractivity contribution is 5.94. The lowest BCUT2D eigenvalue weighted by molar-refractivity contribution is 0.0178. The van der Waals surface area contributed by atoms with E-state index in [4.69, 9.17) is 0 Å². The molecular formula is C17H23N5O2. The van der Waals surface area contributed by atoms with Crippen molar-refractivity contribution >= 4 is 5.91 Å². The fraction of sp³-hybridized carbons (Fsp3) is 0.471. The van der Waals surface area contributed by atoms with Crippen molar-refractivity contribution in [3.8, 4) is 5.82 Å². The number of hydrogen-bond donors (Lipinski definition) is 1. The number of hydrogen-bond acceptors (Lipinski definition) is 5. The van der Waals surface area contributed by atoms with Gasteiger partial charge in [0.25, 0.3) is 5.91 Å². The Morgan fingerprint density at radius 1 is 1.25 bits per heavy atom. The second-order valence-corrected chi connectivity index (χ2v) is 6.76. The summed E-state index contributed by atoms with van der Waals surface area (Å²) in [6.45, 7) is 7.11. The standard InChI is InChI=1S/C17H23N5O2/c1-17(2,24)12-20-7-9-21(10-8-20)16(23)14-3-4-15(19-11-14)22-6-5-18-13-22/h3-6,11,13,24H,7-10,12H2,1-2H3. The van der Waals surface area contributed by atoms with Crippen molar-refractivity contribution < 1.29 is 9.90 Å². The first-order valence-corrected chi connectivity index (χ1v) is 8.11. The molecule has 0 radical (unpaired) electrons. The number of aliphatic hydroxyl groups is 1. The van der Waals surface area contributed by atoms with E-state index in [0.29, 0.717) is 25.2 Å². The highest BCUT2D eigenvalue weighted by Crippen LogP contribution is 2.12. The molecule has 0 saturated carbocycles. The minimum Gasteiger partial charge on any atom is -0.389 e. The Balaban J connectivity index is 1.59. The van der Waals surface area contributed by atoms with Crippen LogP contribution in [-0.2, 0) is 0 Å². The zero-order chi connectivity index (χ0) is 17.2. The van der Waals surface area contributed by atoms with Gasteiger partial charge in [-0.3, -0.25) is 14.3 Å². The molecule has 1 fully saturated rings. The molecule has 7 nitrogen and oxygen atoms in total. The van der Waals surface area contributed by atoms with Gasteiger partial charge in [-0.1, -0.05) is 0 Å². The fourth-order valence-electron chi connectivity index (χ4n) is 2.90. The van der Waals surface area contributed by atoms with Crippen molar-refractivity contribution in [1.82, 2.24) is 24.3 Å². The molecule has 3 rings (SSSR count). The van der Waals surface area contributed by atoms with Crippen LogP contribution in [-0.4, -0.2) is 73.7 Å². The van der Waals surface area contributed by atoms with Crippen LogP contribution in [0.3, 0.4) is 0 Å². The maximum atomic E-state index is 12.6. The molecule has 24 heavy (non-hydrogen) atoms. The summed E-state index contributed by atoms with van der Waals surface area (Å²) < 4.78 is 1.80. The van der Waals surface area contributed by atoms with Gasteiger partial charge in [-0.25, -0.2) is 9.97 Å². The first kappa shape index (κ1) is 16.6. The van der Waals surface area contributed by atoms with Gasteiger partial charge in [0.2, 0.25) is 0 Å². The molecule has 1 aliphatic rings. The predicted molar refractivity (Wildman–Crippen MR) is 90.0 cm³/mol. The average Bonchev–Trinajstić information content (AvgIpc) is 3.08. The number of amides is 1. The molecule has 3 heterocycles. The molecule has 128 valence electrons. The van der Waals surface area contributed by atoms with E-state index in [1.54, 1.807) is 43.2 Å². The molecule has 0 bridgehead atoms. The molecular weight excluding hydrogens is 306 g/mol. The lowest BCUT2D eigenvalue weighted by Crippen LogP contribution is -2.52. The third kappa shape index (κ3) is 3.98. The van der Waals surface area contributed by atoms with Crippen LogP contribution < -0.4 is 0 Å². The maximum absolute atomic E-state index is 12.6.